The zero-order valence-corrected chi connectivity index (χ0v) is 15.1. The Morgan fingerprint density at radius 3 is 2.56 bits per heavy atom. The number of carbonyl (C=O) groups excluding carboxylic acids is 1. The summed E-state index contributed by atoms with van der Waals surface area (Å²) in [4.78, 5) is 15.5. The molecule has 1 aliphatic heterocycles. The van der Waals surface area contributed by atoms with E-state index in [0.29, 0.717) is 4.90 Å². The molecule has 1 amide bonds. The molecule has 1 N–H and O–H groups in total. The van der Waals surface area contributed by atoms with E-state index in [0.717, 1.165) is 51.3 Å². The molecule has 7 heteroatoms. The Kier molecular flexibility index (Phi) is 5.63. The lowest BCUT2D eigenvalue weighted by Crippen LogP contribution is -2.48. The lowest BCUT2D eigenvalue weighted by atomic mass is 10.0. The molecule has 2 atom stereocenters. The number of halogens is 3. The maximum atomic E-state index is 13.4. The number of likely N-dealkylation sites (tertiary alicyclic amines) is 1. The molecule has 138 valence electrons. The van der Waals surface area contributed by atoms with Crippen molar-refractivity contribution in [3.05, 3.63) is 29.3 Å². The van der Waals surface area contributed by atoms with Crippen molar-refractivity contribution in [1.29, 1.82) is 0 Å². The highest BCUT2D eigenvalue weighted by atomic mass is 32.2. The number of benzene rings is 1. The Morgan fingerprint density at radius 1 is 1.20 bits per heavy atom. The van der Waals surface area contributed by atoms with E-state index in [4.69, 9.17) is 0 Å². The van der Waals surface area contributed by atoms with Gasteiger partial charge in [-0.25, -0.2) is 0 Å². The van der Waals surface area contributed by atoms with Gasteiger partial charge in [0.25, 0.3) is 5.91 Å². The second-order valence-electron chi connectivity index (χ2n) is 6.70. The van der Waals surface area contributed by atoms with Crippen molar-refractivity contribution < 1.29 is 18.0 Å². The summed E-state index contributed by atoms with van der Waals surface area (Å²) in [5.41, 5.74) is -1.10. The van der Waals surface area contributed by atoms with Crippen LogP contribution in [0.15, 0.2) is 23.1 Å². The molecule has 1 aromatic rings. The summed E-state index contributed by atoms with van der Waals surface area (Å²) in [5.74, 6) is -0.603. The van der Waals surface area contributed by atoms with Gasteiger partial charge >= 0.3 is 6.18 Å². The smallest absolute Gasteiger partial charge is 0.348 e. The highest BCUT2D eigenvalue weighted by Gasteiger charge is 2.39. The van der Waals surface area contributed by atoms with Crippen LogP contribution in [0.25, 0.3) is 0 Å². The SMILES string of the molecule is CSc1cccc(C(F)(F)F)c1C(=O)N[C@H]1CCC[C@H]1N1CCCC1. The molecular weight excluding hydrogens is 349 g/mol. The third kappa shape index (κ3) is 3.97. The Morgan fingerprint density at radius 2 is 1.92 bits per heavy atom. The molecule has 1 saturated heterocycles. The van der Waals surface area contributed by atoms with Gasteiger partial charge in [0.15, 0.2) is 0 Å². The molecule has 0 aromatic heterocycles. The Bertz CT molecular complexity index is 629. The fraction of sp³-hybridized carbons (Fsp3) is 0.611. The summed E-state index contributed by atoms with van der Waals surface area (Å²) in [7, 11) is 0. The Labute approximate surface area is 150 Å². The van der Waals surface area contributed by atoms with Crippen LogP contribution in [0.5, 0.6) is 0 Å². The van der Waals surface area contributed by atoms with E-state index in [1.165, 1.54) is 17.8 Å². The van der Waals surface area contributed by atoms with E-state index in [1.807, 2.05) is 0 Å². The molecule has 0 radical (unpaired) electrons. The summed E-state index contributed by atoms with van der Waals surface area (Å²) in [6.07, 6.45) is 2.30. The molecule has 1 aliphatic carbocycles. The maximum absolute atomic E-state index is 13.4. The third-order valence-corrected chi connectivity index (χ3v) is 5.96. The fourth-order valence-corrected chi connectivity index (χ4v) is 4.65. The van der Waals surface area contributed by atoms with Crippen molar-refractivity contribution in [2.24, 2.45) is 0 Å². The number of carbonyl (C=O) groups is 1. The van der Waals surface area contributed by atoms with Gasteiger partial charge in [0.1, 0.15) is 0 Å². The number of nitrogens with one attached hydrogen (secondary N) is 1. The van der Waals surface area contributed by atoms with Crippen molar-refractivity contribution in [2.45, 2.75) is 55.3 Å². The first-order valence-electron chi connectivity index (χ1n) is 8.71. The summed E-state index contributed by atoms with van der Waals surface area (Å²) in [6.45, 7) is 2.04. The zero-order chi connectivity index (χ0) is 18.0. The van der Waals surface area contributed by atoms with Gasteiger partial charge in [-0.15, -0.1) is 11.8 Å². The highest BCUT2D eigenvalue weighted by Crippen LogP contribution is 2.36. The molecule has 0 unspecified atom stereocenters. The van der Waals surface area contributed by atoms with Crippen LogP contribution in [0.1, 0.15) is 48.0 Å². The minimum atomic E-state index is -4.54. The first kappa shape index (κ1) is 18.6. The van der Waals surface area contributed by atoms with Crippen LogP contribution in [-0.4, -0.2) is 42.2 Å². The number of hydrogen-bond acceptors (Lipinski definition) is 3. The van der Waals surface area contributed by atoms with Gasteiger partial charge in [-0.1, -0.05) is 6.07 Å². The van der Waals surface area contributed by atoms with E-state index in [9.17, 15) is 18.0 Å². The predicted molar refractivity (Wildman–Crippen MR) is 92.9 cm³/mol. The second kappa shape index (κ2) is 7.58. The second-order valence-corrected chi connectivity index (χ2v) is 7.55. The molecule has 2 aliphatic rings. The topological polar surface area (TPSA) is 32.3 Å². The number of thioether (sulfide) groups is 1. The van der Waals surface area contributed by atoms with Gasteiger partial charge in [-0.05, 0) is 63.6 Å². The summed E-state index contributed by atoms with van der Waals surface area (Å²) in [6, 6.07) is 4.10. The number of amides is 1. The molecule has 3 rings (SSSR count). The highest BCUT2D eigenvalue weighted by molar-refractivity contribution is 7.98. The molecule has 2 fully saturated rings. The van der Waals surface area contributed by atoms with Crippen LogP contribution in [0, 0.1) is 0 Å². The summed E-state index contributed by atoms with van der Waals surface area (Å²) < 4.78 is 40.1. The van der Waals surface area contributed by atoms with Crippen LogP contribution in [0.4, 0.5) is 13.2 Å². The molecule has 1 aromatic carbocycles. The van der Waals surface area contributed by atoms with Crippen LogP contribution < -0.4 is 5.32 Å². The minimum absolute atomic E-state index is 0.0680. The monoisotopic (exact) mass is 372 g/mol. The first-order valence-corrected chi connectivity index (χ1v) is 9.93. The van der Waals surface area contributed by atoms with Gasteiger partial charge in [-0.2, -0.15) is 13.2 Å². The van der Waals surface area contributed by atoms with Crippen molar-refractivity contribution in [3.63, 3.8) is 0 Å². The molecule has 0 spiro atoms. The standard InChI is InChI=1S/C18H23F3N2OS/c1-25-15-9-4-6-12(18(19,20)21)16(15)17(24)22-13-7-5-8-14(13)23-10-2-3-11-23/h4,6,9,13-14H,2-3,5,7-8,10-11H2,1H3,(H,22,24)/t13-,14+/m0/s1. The van der Waals surface area contributed by atoms with Crippen molar-refractivity contribution in [3.8, 4) is 0 Å². The largest absolute Gasteiger partial charge is 0.417 e. The molecule has 3 nitrogen and oxygen atoms in total. The zero-order valence-electron chi connectivity index (χ0n) is 14.2. The van der Waals surface area contributed by atoms with Crippen LogP contribution in [0.3, 0.4) is 0 Å². The lowest BCUT2D eigenvalue weighted by molar-refractivity contribution is -0.138. The van der Waals surface area contributed by atoms with Gasteiger partial charge in [0.05, 0.1) is 11.1 Å². The van der Waals surface area contributed by atoms with E-state index in [2.05, 4.69) is 10.2 Å². The van der Waals surface area contributed by atoms with Gasteiger partial charge in [-0.3, -0.25) is 9.69 Å². The van der Waals surface area contributed by atoms with E-state index < -0.39 is 17.6 Å². The number of alkyl halides is 3. The molecule has 25 heavy (non-hydrogen) atoms. The maximum Gasteiger partial charge on any atom is 0.417 e. The Hall–Kier alpha value is -1.21. The molecule has 1 saturated carbocycles. The van der Waals surface area contributed by atoms with E-state index in [-0.39, 0.29) is 17.6 Å². The normalized spacial score (nSPS) is 24.6. The number of nitrogens with zero attached hydrogens (tertiary/aromatic N) is 1. The molecular formula is C18H23F3N2OS. The molecule has 0 bridgehead atoms. The van der Waals surface area contributed by atoms with Crippen LogP contribution in [0.2, 0.25) is 0 Å². The minimum Gasteiger partial charge on any atom is -0.348 e. The van der Waals surface area contributed by atoms with E-state index in [1.54, 1.807) is 12.3 Å². The predicted octanol–water partition coefficient (Wildman–Crippen LogP) is 4.17. The number of rotatable bonds is 4. The van der Waals surface area contributed by atoms with Gasteiger partial charge in [0, 0.05) is 17.0 Å². The Balaban J connectivity index is 1.83. The summed E-state index contributed by atoms with van der Waals surface area (Å²) in [5, 5.41) is 2.92. The van der Waals surface area contributed by atoms with E-state index >= 15 is 0 Å². The molecule has 1 heterocycles. The van der Waals surface area contributed by atoms with Crippen molar-refractivity contribution in [1.82, 2.24) is 10.2 Å². The fourth-order valence-electron chi connectivity index (χ4n) is 4.03. The first-order chi connectivity index (χ1) is 11.9. The van der Waals surface area contributed by atoms with Crippen molar-refractivity contribution in [2.75, 3.05) is 19.3 Å². The quantitative estimate of drug-likeness (QED) is 0.805. The van der Waals surface area contributed by atoms with Crippen LogP contribution in [-0.2, 0) is 6.18 Å². The average Bonchev–Trinajstić information content (AvgIpc) is 3.24. The number of hydrogen-bond donors (Lipinski definition) is 1. The van der Waals surface area contributed by atoms with Crippen molar-refractivity contribution >= 4 is 17.7 Å². The van der Waals surface area contributed by atoms with Crippen LogP contribution >= 0.6 is 11.8 Å². The van der Waals surface area contributed by atoms with Gasteiger partial charge in [0.2, 0.25) is 0 Å². The average molecular weight is 372 g/mol. The third-order valence-electron chi connectivity index (χ3n) is 5.18. The summed E-state index contributed by atoms with van der Waals surface area (Å²) >= 11 is 1.17. The van der Waals surface area contributed by atoms with Gasteiger partial charge < -0.3 is 5.32 Å². The lowest BCUT2D eigenvalue weighted by Gasteiger charge is -2.30.